The Hall–Kier alpha value is -3.05. The Morgan fingerprint density at radius 1 is 1.06 bits per heavy atom. The third kappa shape index (κ3) is 4.37. The van der Waals surface area contributed by atoms with Crippen LogP contribution in [0, 0.1) is 0 Å². The van der Waals surface area contributed by atoms with Crippen molar-refractivity contribution in [3.63, 3.8) is 0 Å². The van der Waals surface area contributed by atoms with Crippen LogP contribution in [0.25, 0.3) is 6.08 Å². The lowest BCUT2D eigenvalue weighted by molar-refractivity contribution is -0.136. The van der Waals surface area contributed by atoms with Gasteiger partial charge in [0.25, 0.3) is 5.91 Å². The molecule has 0 N–H and O–H groups in total. The van der Waals surface area contributed by atoms with Crippen LogP contribution in [0.3, 0.4) is 0 Å². The van der Waals surface area contributed by atoms with Gasteiger partial charge in [-0.05, 0) is 47.7 Å². The summed E-state index contributed by atoms with van der Waals surface area (Å²) in [5.41, 5.74) is 3.56. The molecule has 1 aliphatic rings. The van der Waals surface area contributed by atoms with Crippen molar-refractivity contribution < 1.29 is 19.1 Å². The highest BCUT2D eigenvalue weighted by atomic mass is 35.5. The molecule has 1 aliphatic heterocycles. The molecule has 0 unspecified atom stereocenters. The summed E-state index contributed by atoms with van der Waals surface area (Å²) in [6, 6.07) is 13.0. The van der Waals surface area contributed by atoms with E-state index in [1.165, 1.54) is 24.7 Å². The Balaban J connectivity index is 2.08. The van der Waals surface area contributed by atoms with Gasteiger partial charge in [-0.2, -0.15) is 0 Å². The largest absolute Gasteiger partial charge is 0.495 e. The lowest BCUT2D eigenvalue weighted by Crippen LogP contribution is -2.24. The second kappa shape index (κ2) is 8.60. The van der Waals surface area contributed by atoms with Gasteiger partial charge < -0.3 is 9.47 Å². The maximum absolute atomic E-state index is 13.4. The van der Waals surface area contributed by atoms with Gasteiger partial charge in [0.1, 0.15) is 5.75 Å². The fourth-order valence-corrected chi connectivity index (χ4v) is 3.78. The van der Waals surface area contributed by atoms with E-state index < -0.39 is 5.97 Å². The molecule has 0 radical (unpaired) electrons. The van der Waals surface area contributed by atoms with Gasteiger partial charge in [-0.3, -0.25) is 9.69 Å². The molecule has 2 aromatic rings. The number of ether oxygens (including phenoxy) is 2. The zero-order chi connectivity index (χ0) is 22.9. The molecule has 1 heterocycles. The van der Waals surface area contributed by atoms with Crippen molar-refractivity contribution in [2.45, 2.75) is 33.1 Å². The van der Waals surface area contributed by atoms with Gasteiger partial charge in [-0.1, -0.05) is 56.6 Å². The second-order valence-corrected chi connectivity index (χ2v) is 8.75. The van der Waals surface area contributed by atoms with E-state index in [1.807, 2.05) is 24.3 Å². The molecule has 0 aromatic heterocycles. The molecule has 5 nitrogen and oxygen atoms in total. The number of anilines is 1. The molecule has 6 heteroatoms. The third-order valence-corrected chi connectivity index (χ3v) is 5.57. The van der Waals surface area contributed by atoms with Crippen molar-refractivity contribution in [2.24, 2.45) is 0 Å². The fraction of sp³-hybridized carbons (Fsp3) is 0.280. The van der Waals surface area contributed by atoms with Crippen molar-refractivity contribution in [1.82, 2.24) is 0 Å². The summed E-state index contributed by atoms with van der Waals surface area (Å²) in [4.78, 5) is 27.4. The van der Waals surface area contributed by atoms with E-state index in [4.69, 9.17) is 21.1 Å². The molecule has 0 aliphatic carbocycles. The molecule has 3 rings (SSSR count). The van der Waals surface area contributed by atoms with Crippen LogP contribution in [0.2, 0.25) is 5.02 Å². The smallest absolute Gasteiger partial charge is 0.340 e. The lowest BCUT2D eigenvalue weighted by atomic mass is 9.86. The molecular weight excluding hydrogens is 414 g/mol. The first kappa shape index (κ1) is 22.6. The summed E-state index contributed by atoms with van der Waals surface area (Å²) in [7, 11) is 2.82. The summed E-state index contributed by atoms with van der Waals surface area (Å²) in [6.45, 7) is 8.13. The molecule has 0 spiro atoms. The maximum atomic E-state index is 13.4. The molecule has 2 aromatic carbocycles. The SMILES string of the molecule is COC(=O)C1=C(C)N(c2ccc(OC)c(Cl)c2)C(=O)/C1=C\c1ccc(C(C)(C)C)cc1. The van der Waals surface area contributed by atoms with E-state index in [9.17, 15) is 9.59 Å². The van der Waals surface area contributed by atoms with Gasteiger partial charge in [0.05, 0.1) is 36.1 Å². The fourth-order valence-electron chi connectivity index (χ4n) is 3.53. The number of nitrogens with zero attached hydrogens (tertiary/aromatic N) is 1. The third-order valence-electron chi connectivity index (χ3n) is 5.27. The van der Waals surface area contributed by atoms with E-state index in [0.717, 1.165) is 5.56 Å². The van der Waals surface area contributed by atoms with Crippen LogP contribution >= 0.6 is 11.6 Å². The predicted molar refractivity (Wildman–Crippen MR) is 123 cm³/mol. The van der Waals surface area contributed by atoms with E-state index >= 15 is 0 Å². The maximum Gasteiger partial charge on any atom is 0.340 e. The van der Waals surface area contributed by atoms with Gasteiger partial charge in [0.2, 0.25) is 0 Å². The van der Waals surface area contributed by atoms with E-state index in [0.29, 0.717) is 22.2 Å². The topological polar surface area (TPSA) is 55.8 Å². The van der Waals surface area contributed by atoms with Gasteiger partial charge in [-0.25, -0.2) is 4.79 Å². The molecule has 1 amide bonds. The zero-order valence-corrected chi connectivity index (χ0v) is 19.3. The average Bonchev–Trinajstić information content (AvgIpc) is 2.96. The first-order valence-electron chi connectivity index (χ1n) is 9.88. The summed E-state index contributed by atoms with van der Waals surface area (Å²) >= 11 is 6.26. The number of halogens is 1. The zero-order valence-electron chi connectivity index (χ0n) is 18.6. The summed E-state index contributed by atoms with van der Waals surface area (Å²) in [6.07, 6.45) is 1.72. The normalized spacial score (nSPS) is 15.6. The number of esters is 1. The number of amides is 1. The van der Waals surface area contributed by atoms with Gasteiger partial charge in [0, 0.05) is 5.70 Å². The van der Waals surface area contributed by atoms with E-state index in [2.05, 4.69) is 20.8 Å². The van der Waals surface area contributed by atoms with E-state index in [-0.39, 0.29) is 22.5 Å². The Morgan fingerprint density at radius 2 is 1.71 bits per heavy atom. The highest BCUT2D eigenvalue weighted by Crippen LogP contribution is 2.38. The molecule has 0 saturated carbocycles. The van der Waals surface area contributed by atoms with Crippen molar-refractivity contribution in [1.29, 1.82) is 0 Å². The number of allylic oxidation sites excluding steroid dienone is 1. The summed E-state index contributed by atoms with van der Waals surface area (Å²) < 4.78 is 10.2. The Bertz CT molecular complexity index is 1090. The first-order chi connectivity index (χ1) is 14.6. The molecule has 0 bridgehead atoms. The minimum absolute atomic E-state index is 0.0208. The number of methoxy groups -OCH3 is 2. The van der Waals surface area contributed by atoms with Crippen LogP contribution in [0.4, 0.5) is 5.69 Å². The molecule has 31 heavy (non-hydrogen) atoms. The number of carbonyl (C=O) groups excluding carboxylic acids is 2. The summed E-state index contributed by atoms with van der Waals surface area (Å²) in [5.74, 6) is -0.383. The van der Waals surface area contributed by atoms with Crippen molar-refractivity contribution in [2.75, 3.05) is 19.1 Å². The molecular formula is C25H26ClNO4. The average molecular weight is 440 g/mol. The number of carbonyl (C=O) groups is 2. The monoisotopic (exact) mass is 439 g/mol. The quantitative estimate of drug-likeness (QED) is 0.464. The number of benzene rings is 2. The standard InChI is InChI=1S/C25H26ClNO4/c1-15-22(24(29)31-6)19(13-16-7-9-17(10-8-16)25(2,3)4)23(28)27(15)18-11-12-21(30-5)20(26)14-18/h7-14H,1-6H3/b19-13-. The predicted octanol–water partition coefficient (Wildman–Crippen LogP) is 5.52. The minimum Gasteiger partial charge on any atom is -0.495 e. The van der Waals surface area contributed by atoms with Gasteiger partial charge >= 0.3 is 5.97 Å². The molecule has 0 fully saturated rings. The lowest BCUT2D eigenvalue weighted by Gasteiger charge is -2.19. The van der Waals surface area contributed by atoms with Gasteiger partial charge in [0.15, 0.2) is 0 Å². The van der Waals surface area contributed by atoms with Crippen molar-refractivity contribution >= 4 is 35.2 Å². The van der Waals surface area contributed by atoms with Crippen molar-refractivity contribution in [3.8, 4) is 5.75 Å². The van der Waals surface area contributed by atoms with E-state index in [1.54, 1.807) is 31.2 Å². The number of rotatable bonds is 4. The molecule has 0 atom stereocenters. The Kier molecular flexibility index (Phi) is 6.27. The highest BCUT2D eigenvalue weighted by molar-refractivity contribution is 6.32. The van der Waals surface area contributed by atoms with Crippen LogP contribution in [0.1, 0.15) is 38.8 Å². The molecule has 162 valence electrons. The van der Waals surface area contributed by atoms with Crippen LogP contribution in [0.15, 0.2) is 59.3 Å². The van der Waals surface area contributed by atoms with Crippen LogP contribution in [-0.2, 0) is 19.7 Å². The number of hydrogen-bond donors (Lipinski definition) is 0. The van der Waals surface area contributed by atoms with Crippen LogP contribution in [0.5, 0.6) is 5.75 Å². The molecule has 0 saturated heterocycles. The van der Waals surface area contributed by atoms with Crippen LogP contribution < -0.4 is 9.64 Å². The number of hydrogen-bond acceptors (Lipinski definition) is 4. The summed E-state index contributed by atoms with van der Waals surface area (Å²) in [5, 5.41) is 0.371. The first-order valence-corrected chi connectivity index (χ1v) is 10.3. The van der Waals surface area contributed by atoms with Gasteiger partial charge in [-0.15, -0.1) is 0 Å². The minimum atomic E-state index is -0.564. The Morgan fingerprint density at radius 3 is 2.23 bits per heavy atom. The van der Waals surface area contributed by atoms with Crippen LogP contribution in [-0.4, -0.2) is 26.1 Å². The van der Waals surface area contributed by atoms with Crippen molar-refractivity contribution in [3.05, 3.63) is 75.5 Å². The highest BCUT2D eigenvalue weighted by Gasteiger charge is 2.38. The Labute approximate surface area is 187 Å². The second-order valence-electron chi connectivity index (χ2n) is 8.34.